The maximum absolute atomic E-state index is 11.9. The number of amides is 1. The lowest BCUT2D eigenvalue weighted by Gasteiger charge is -2.14. The van der Waals surface area contributed by atoms with Crippen LogP contribution in [-0.4, -0.2) is 31.7 Å². The van der Waals surface area contributed by atoms with Crippen molar-refractivity contribution in [3.05, 3.63) is 76.7 Å². The molecule has 3 rings (SSSR count). The molecular weight excluding hydrogens is 365 g/mol. The van der Waals surface area contributed by atoms with E-state index in [1.807, 2.05) is 30.2 Å². The van der Waals surface area contributed by atoms with Crippen molar-refractivity contribution in [2.75, 3.05) is 6.61 Å². The van der Waals surface area contributed by atoms with Crippen LogP contribution in [-0.2, 0) is 17.9 Å². The highest BCUT2D eigenvalue weighted by Crippen LogP contribution is 2.27. The van der Waals surface area contributed by atoms with E-state index in [-0.39, 0.29) is 24.8 Å². The number of allylic oxidation sites excluding steroid dienone is 2. The van der Waals surface area contributed by atoms with Gasteiger partial charge in [-0.2, -0.15) is 5.10 Å². The number of halogens is 1. The second-order valence-corrected chi connectivity index (χ2v) is 7.18. The van der Waals surface area contributed by atoms with Gasteiger partial charge in [-0.3, -0.25) is 4.79 Å². The van der Waals surface area contributed by atoms with E-state index in [2.05, 4.69) is 11.7 Å². The van der Waals surface area contributed by atoms with Crippen molar-refractivity contribution in [2.24, 2.45) is 0 Å². The van der Waals surface area contributed by atoms with Gasteiger partial charge in [0.2, 0.25) is 5.91 Å². The first kappa shape index (κ1) is 20.9. The Balaban J connectivity index is 0.000000313. The largest absolute Gasteiger partial charge is 0.396 e. The summed E-state index contributed by atoms with van der Waals surface area (Å²) in [4.78, 5) is 14.5. The Hall–Kier alpha value is -2.38. The Bertz CT molecular complexity index is 790. The third-order valence-corrected chi connectivity index (χ3v) is 4.99. The number of aliphatic hydroxyl groups excluding tert-OH is 1. The number of hydrogen-bond donors (Lipinski definition) is 1. The van der Waals surface area contributed by atoms with Crippen LogP contribution in [0.5, 0.6) is 0 Å². The summed E-state index contributed by atoms with van der Waals surface area (Å²) in [6.45, 7) is 8.88. The van der Waals surface area contributed by atoms with E-state index in [4.69, 9.17) is 5.11 Å². The Labute approximate surface area is 163 Å². The molecule has 1 N–H and O–H groups in total. The summed E-state index contributed by atoms with van der Waals surface area (Å²) < 4.78 is 13.7. The van der Waals surface area contributed by atoms with Gasteiger partial charge < -0.3 is 10.0 Å². The van der Waals surface area contributed by atoms with E-state index in [0.717, 1.165) is 16.2 Å². The number of fused-ring (bicyclic) bond motifs is 1. The molecule has 1 aromatic carbocycles. The number of aliphatic hydroxyl groups is 1. The van der Waals surface area contributed by atoms with Gasteiger partial charge in [-0.1, -0.05) is 36.4 Å². The molecule has 0 saturated heterocycles. The molecule has 5 nitrogen and oxygen atoms in total. The molecule has 0 atom stereocenters. The van der Waals surface area contributed by atoms with E-state index < -0.39 is 0 Å². The second kappa shape index (κ2) is 10.1. The molecule has 1 amide bonds. The molecule has 144 valence electrons. The van der Waals surface area contributed by atoms with Gasteiger partial charge in [0.05, 0.1) is 18.8 Å². The summed E-state index contributed by atoms with van der Waals surface area (Å²) in [5, 5.41) is 13.3. The molecule has 0 saturated carbocycles. The van der Waals surface area contributed by atoms with Crippen molar-refractivity contribution >= 4 is 17.9 Å². The first-order valence-corrected chi connectivity index (χ1v) is 9.36. The minimum Gasteiger partial charge on any atom is -0.396 e. The van der Waals surface area contributed by atoms with E-state index in [9.17, 15) is 9.18 Å². The van der Waals surface area contributed by atoms with Gasteiger partial charge in [-0.15, -0.1) is 0 Å². The van der Waals surface area contributed by atoms with Gasteiger partial charge in [-0.25, -0.2) is 8.48 Å². The topological polar surface area (TPSA) is 58.4 Å². The second-order valence-electron chi connectivity index (χ2n) is 6.18. The minimum atomic E-state index is -0.178. The Morgan fingerprint density at radius 3 is 2.52 bits per heavy atom. The maximum Gasteiger partial charge on any atom is 0.225 e. The van der Waals surface area contributed by atoms with Crippen LogP contribution in [0.15, 0.2) is 59.7 Å². The van der Waals surface area contributed by atoms with Crippen LogP contribution in [0.1, 0.15) is 31.5 Å². The van der Waals surface area contributed by atoms with Crippen LogP contribution < -0.4 is 0 Å². The molecule has 1 aliphatic rings. The van der Waals surface area contributed by atoms with Crippen molar-refractivity contribution in [3.8, 4) is 0 Å². The van der Waals surface area contributed by atoms with Crippen molar-refractivity contribution in [1.82, 2.24) is 14.1 Å². The van der Waals surface area contributed by atoms with E-state index in [0.29, 0.717) is 13.1 Å². The van der Waals surface area contributed by atoms with Crippen LogP contribution in [0.25, 0.3) is 0 Å². The van der Waals surface area contributed by atoms with Crippen LogP contribution in [0, 0.1) is 5.82 Å². The number of carbonyl (C=O) groups excluding carboxylic acids is 1. The zero-order valence-corrected chi connectivity index (χ0v) is 16.4. The minimum absolute atomic E-state index is 0.0271. The number of nitrogens with zero attached hydrogens (tertiary/aromatic N) is 3. The smallest absolute Gasteiger partial charge is 0.225 e. The molecule has 0 spiro atoms. The molecule has 0 fully saturated rings. The van der Waals surface area contributed by atoms with Crippen LogP contribution in [0.3, 0.4) is 0 Å². The SMILES string of the molecule is C=CC(Sn1cc2c(n1)CN(C(=O)CCO)C2)=C(C)C.Fc1ccccc1. The third kappa shape index (κ3) is 6.08. The average molecular weight is 389 g/mol. The maximum atomic E-state index is 11.9. The normalized spacial score (nSPS) is 12.1. The lowest BCUT2D eigenvalue weighted by atomic mass is 10.3. The number of hydrogen-bond acceptors (Lipinski definition) is 4. The fourth-order valence-electron chi connectivity index (χ4n) is 2.45. The molecular formula is C20H24FN3O2S. The van der Waals surface area contributed by atoms with Crippen molar-refractivity contribution < 1.29 is 14.3 Å². The summed E-state index contributed by atoms with van der Waals surface area (Å²) >= 11 is 1.52. The molecule has 1 aliphatic heterocycles. The first-order valence-electron chi connectivity index (χ1n) is 8.59. The molecule has 27 heavy (non-hydrogen) atoms. The average Bonchev–Trinajstić information content (AvgIpc) is 3.19. The lowest BCUT2D eigenvalue weighted by molar-refractivity contribution is -0.132. The highest BCUT2D eigenvalue weighted by molar-refractivity contribution is 8.01. The van der Waals surface area contributed by atoms with Crippen molar-refractivity contribution in [2.45, 2.75) is 33.4 Å². The standard InChI is InChI=1S/C14H19N3O2S.C6H5F/c1-4-13(10(2)3)20-17-8-11-7-16(9-12(11)15-17)14(19)5-6-18;7-6-4-2-1-3-5-6/h4,8,18H,1,5-7,9H2,2-3H3;1-5H. The zero-order valence-electron chi connectivity index (χ0n) is 15.6. The molecule has 0 radical (unpaired) electrons. The third-order valence-electron chi connectivity index (χ3n) is 3.84. The quantitative estimate of drug-likeness (QED) is 0.788. The van der Waals surface area contributed by atoms with Gasteiger partial charge in [0, 0.05) is 41.6 Å². The molecule has 0 bridgehead atoms. The van der Waals surface area contributed by atoms with Crippen molar-refractivity contribution in [3.63, 3.8) is 0 Å². The number of benzene rings is 1. The lowest BCUT2D eigenvalue weighted by Crippen LogP contribution is -2.26. The van der Waals surface area contributed by atoms with E-state index in [1.165, 1.54) is 29.7 Å². The van der Waals surface area contributed by atoms with Crippen LogP contribution >= 0.6 is 11.9 Å². The molecule has 0 aliphatic carbocycles. The van der Waals surface area contributed by atoms with Crippen molar-refractivity contribution in [1.29, 1.82) is 0 Å². The van der Waals surface area contributed by atoms with Gasteiger partial charge in [0.1, 0.15) is 5.82 Å². The first-order chi connectivity index (χ1) is 12.9. The van der Waals surface area contributed by atoms with Gasteiger partial charge in [-0.05, 0) is 26.0 Å². The van der Waals surface area contributed by atoms with Gasteiger partial charge in [0.25, 0.3) is 0 Å². The number of rotatable bonds is 5. The summed E-state index contributed by atoms with van der Waals surface area (Å²) in [5.74, 6) is -0.205. The molecule has 2 aromatic rings. The van der Waals surface area contributed by atoms with Crippen LogP contribution in [0.2, 0.25) is 0 Å². The fraction of sp³-hybridized carbons (Fsp3) is 0.300. The number of carbonyl (C=O) groups is 1. The molecule has 0 unspecified atom stereocenters. The van der Waals surface area contributed by atoms with Gasteiger partial charge in [0.15, 0.2) is 0 Å². The summed E-state index contributed by atoms with van der Waals surface area (Å²) in [7, 11) is 0. The monoisotopic (exact) mass is 389 g/mol. The summed E-state index contributed by atoms with van der Waals surface area (Å²) in [6, 6.07) is 7.94. The molecule has 7 heteroatoms. The zero-order chi connectivity index (χ0) is 19.8. The summed E-state index contributed by atoms with van der Waals surface area (Å²) in [5.41, 5.74) is 3.20. The predicted molar refractivity (Wildman–Crippen MR) is 106 cm³/mol. The Morgan fingerprint density at radius 1 is 1.33 bits per heavy atom. The highest BCUT2D eigenvalue weighted by Gasteiger charge is 2.26. The van der Waals surface area contributed by atoms with E-state index in [1.54, 1.807) is 23.1 Å². The van der Waals surface area contributed by atoms with E-state index >= 15 is 0 Å². The fourth-order valence-corrected chi connectivity index (χ4v) is 3.23. The highest BCUT2D eigenvalue weighted by atomic mass is 32.2. The Kier molecular flexibility index (Phi) is 7.82. The van der Waals surface area contributed by atoms with Crippen LogP contribution in [0.4, 0.5) is 4.39 Å². The number of aromatic nitrogens is 2. The van der Waals surface area contributed by atoms with Gasteiger partial charge >= 0.3 is 0 Å². The Morgan fingerprint density at radius 2 is 2.04 bits per heavy atom. The summed E-state index contributed by atoms with van der Waals surface area (Å²) in [6.07, 6.45) is 3.96. The predicted octanol–water partition coefficient (Wildman–Crippen LogP) is 3.91. The molecule has 1 aromatic heterocycles. The molecule has 2 heterocycles.